The number of benzene rings is 1. The third-order valence-corrected chi connectivity index (χ3v) is 4.30. The molecule has 2 aromatic rings. The number of ether oxygens (including phenoxy) is 1. The number of pyridine rings is 1. The Morgan fingerprint density at radius 1 is 1.19 bits per heavy atom. The van der Waals surface area contributed by atoms with Crippen LogP contribution in [0.3, 0.4) is 0 Å². The highest BCUT2D eigenvalue weighted by Crippen LogP contribution is 2.19. The van der Waals surface area contributed by atoms with Gasteiger partial charge < -0.3 is 15.1 Å². The molecular weight excluding hydrogens is 337 g/mol. The van der Waals surface area contributed by atoms with Gasteiger partial charge in [-0.1, -0.05) is 25.5 Å². The molecular formula is C19H22FN3O3. The number of carbonyl (C=O) groups excluding carboxylic acids is 1. The van der Waals surface area contributed by atoms with Crippen molar-refractivity contribution in [2.24, 2.45) is 0 Å². The van der Waals surface area contributed by atoms with E-state index >= 15 is 0 Å². The topological polar surface area (TPSA) is 63.6 Å². The predicted octanol–water partition coefficient (Wildman–Crippen LogP) is 2.37. The number of unbranched alkanes of at least 4 members (excludes halogenated alkanes) is 1. The minimum Gasteiger partial charge on any atom is -0.487 e. The normalized spacial score (nSPS) is 13.3. The molecule has 3 rings (SSSR count). The van der Waals surface area contributed by atoms with Crippen molar-refractivity contribution in [2.45, 2.75) is 26.2 Å². The maximum atomic E-state index is 13.0. The van der Waals surface area contributed by atoms with Crippen LogP contribution >= 0.6 is 0 Å². The van der Waals surface area contributed by atoms with Crippen LogP contribution in [0.2, 0.25) is 0 Å². The lowest BCUT2D eigenvalue weighted by molar-refractivity contribution is 0.0722. The van der Waals surface area contributed by atoms with Crippen molar-refractivity contribution in [2.75, 3.05) is 25.2 Å². The Kier molecular flexibility index (Phi) is 5.55. The van der Waals surface area contributed by atoms with E-state index in [2.05, 4.69) is 5.43 Å². The van der Waals surface area contributed by atoms with Crippen molar-refractivity contribution < 1.29 is 13.9 Å². The summed E-state index contributed by atoms with van der Waals surface area (Å²) in [5.74, 6) is -0.452. The van der Waals surface area contributed by atoms with Gasteiger partial charge in [-0.15, -0.1) is 0 Å². The third-order valence-electron chi connectivity index (χ3n) is 4.30. The number of hydrogen-bond acceptors (Lipinski definition) is 4. The van der Waals surface area contributed by atoms with Gasteiger partial charge >= 0.3 is 0 Å². The molecule has 0 fully saturated rings. The predicted molar refractivity (Wildman–Crippen MR) is 96.5 cm³/mol. The van der Waals surface area contributed by atoms with Crippen molar-refractivity contribution >= 4 is 5.91 Å². The maximum Gasteiger partial charge on any atom is 0.277 e. The van der Waals surface area contributed by atoms with Crippen LogP contribution < -0.4 is 15.6 Å². The highest BCUT2D eigenvalue weighted by atomic mass is 19.1. The van der Waals surface area contributed by atoms with Gasteiger partial charge in [0, 0.05) is 18.8 Å². The molecule has 26 heavy (non-hydrogen) atoms. The van der Waals surface area contributed by atoms with Crippen molar-refractivity contribution in [1.82, 2.24) is 9.58 Å². The molecule has 1 aliphatic rings. The number of fused-ring (bicyclic) bond motifs is 1. The van der Waals surface area contributed by atoms with E-state index in [9.17, 15) is 14.0 Å². The Morgan fingerprint density at radius 2 is 1.96 bits per heavy atom. The first-order valence-electron chi connectivity index (χ1n) is 8.76. The smallest absolute Gasteiger partial charge is 0.277 e. The van der Waals surface area contributed by atoms with Gasteiger partial charge in [-0.25, -0.2) is 4.39 Å². The number of hydrogen-bond donors (Lipinski definition) is 1. The van der Waals surface area contributed by atoms with Crippen molar-refractivity contribution in [1.29, 1.82) is 0 Å². The first-order chi connectivity index (χ1) is 12.6. The third kappa shape index (κ3) is 3.87. The van der Waals surface area contributed by atoms with E-state index in [0.717, 1.165) is 18.4 Å². The largest absolute Gasteiger partial charge is 0.487 e. The molecule has 0 saturated heterocycles. The quantitative estimate of drug-likeness (QED) is 0.771. The van der Waals surface area contributed by atoms with Gasteiger partial charge in [0.25, 0.3) is 5.91 Å². The molecule has 1 amide bonds. The summed E-state index contributed by atoms with van der Waals surface area (Å²) in [5, 5.41) is 0. The molecule has 0 radical (unpaired) electrons. The molecule has 7 heteroatoms. The van der Waals surface area contributed by atoms with Gasteiger partial charge in [-0.3, -0.25) is 14.3 Å². The maximum absolute atomic E-state index is 13.0. The van der Waals surface area contributed by atoms with Gasteiger partial charge in [0.05, 0.1) is 6.61 Å². The van der Waals surface area contributed by atoms with E-state index in [1.807, 2.05) is 6.92 Å². The van der Waals surface area contributed by atoms with E-state index in [1.54, 1.807) is 27.9 Å². The number of aromatic nitrogens is 1. The molecule has 0 unspecified atom stereocenters. The molecule has 1 aromatic carbocycles. The van der Waals surface area contributed by atoms with Gasteiger partial charge in [-0.2, -0.15) is 0 Å². The average Bonchev–Trinajstić information content (AvgIpc) is 2.64. The van der Waals surface area contributed by atoms with Crippen LogP contribution in [0.1, 0.15) is 35.8 Å². The molecule has 1 aromatic heterocycles. The lowest BCUT2D eigenvalue weighted by Gasteiger charge is -2.31. The van der Waals surface area contributed by atoms with Crippen LogP contribution in [0.15, 0.2) is 41.3 Å². The molecule has 1 aliphatic heterocycles. The van der Waals surface area contributed by atoms with E-state index in [4.69, 9.17) is 4.74 Å². The van der Waals surface area contributed by atoms with Gasteiger partial charge in [0.2, 0.25) is 5.43 Å². The fourth-order valence-electron chi connectivity index (χ4n) is 2.79. The second-order valence-electron chi connectivity index (χ2n) is 6.19. The van der Waals surface area contributed by atoms with Crippen LogP contribution in [0.4, 0.5) is 4.39 Å². The molecule has 2 heterocycles. The molecule has 6 nitrogen and oxygen atoms in total. The highest BCUT2D eigenvalue weighted by Gasteiger charge is 2.28. The summed E-state index contributed by atoms with van der Waals surface area (Å²) in [6.07, 6.45) is 3.88. The Hall–Kier alpha value is -2.83. The Labute approximate surface area is 151 Å². The summed E-state index contributed by atoms with van der Waals surface area (Å²) in [5.41, 5.74) is 3.95. The Balaban J connectivity index is 1.76. The number of amides is 1. The van der Waals surface area contributed by atoms with Gasteiger partial charge in [0.15, 0.2) is 11.4 Å². The molecule has 0 aliphatic carbocycles. The summed E-state index contributed by atoms with van der Waals surface area (Å²) >= 11 is 0. The molecule has 1 N–H and O–H groups in total. The number of nitrogens with zero attached hydrogens (tertiary/aromatic N) is 2. The van der Waals surface area contributed by atoms with E-state index in [-0.39, 0.29) is 28.6 Å². The standard InChI is InChI=1S/C19H22FN3O3/c1-2-3-12-26-18-16(24)9-11-23-17(18)19(25)22(13-21-23)10-8-14-4-6-15(20)7-5-14/h4-7,9,11,21H,2-3,8,10,12-13H2,1H3. The summed E-state index contributed by atoms with van der Waals surface area (Å²) in [7, 11) is 0. The molecule has 0 spiro atoms. The average molecular weight is 359 g/mol. The van der Waals surface area contributed by atoms with E-state index in [0.29, 0.717) is 26.2 Å². The first kappa shape index (κ1) is 18.0. The highest BCUT2D eigenvalue weighted by molar-refractivity contribution is 5.96. The number of rotatable bonds is 7. The van der Waals surface area contributed by atoms with Gasteiger partial charge in [-0.05, 0) is 30.5 Å². The van der Waals surface area contributed by atoms with Crippen LogP contribution in [-0.2, 0) is 6.42 Å². The Morgan fingerprint density at radius 3 is 2.69 bits per heavy atom. The van der Waals surface area contributed by atoms with E-state index < -0.39 is 0 Å². The monoisotopic (exact) mass is 359 g/mol. The number of carbonyl (C=O) groups is 1. The van der Waals surface area contributed by atoms with Crippen LogP contribution in [-0.4, -0.2) is 35.3 Å². The second kappa shape index (κ2) is 8.03. The number of nitrogens with one attached hydrogen (secondary N) is 1. The van der Waals surface area contributed by atoms with Crippen molar-refractivity contribution in [3.63, 3.8) is 0 Å². The zero-order chi connectivity index (χ0) is 18.5. The van der Waals surface area contributed by atoms with Crippen molar-refractivity contribution in [3.8, 4) is 5.75 Å². The molecule has 0 atom stereocenters. The fourth-order valence-corrected chi connectivity index (χ4v) is 2.79. The zero-order valence-corrected chi connectivity index (χ0v) is 14.7. The van der Waals surface area contributed by atoms with Crippen LogP contribution in [0.25, 0.3) is 0 Å². The molecule has 0 bridgehead atoms. The minimum absolute atomic E-state index is 0.0879. The van der Waals surface area contributed by atoms with E-state index in [1.165, 1.54) is 18.2 Å². The zero-order valence-electron chi connectivity index (χ0n) is 14.7. The lowest BCUT2D eigenvalue weighted by atomic mass is 10.1. The lowest BCUT2D eigenvalue weighted by Crippen LogP contribution is -2.47. The summed E-state index contributed by atoms with van der Waals surface area (Å²) < 4.78 is 20.1. The molecule has 0 saturated carbocycles. The van der Waals surface area contributed by atoms with Crippen molar-refractivity contribution in [3.05, 3.63) is 63.8 Å². The molecule has 138 valence electrons. The minimum atomic E-state index is -0.303. The summed E-state index contributed by atoms with van der Waals surface area (Å²) in [6, 6.07) is 7.60. The van der Waals surface area contributed by atoms with Crippen LogP contribution in [0.5, 0.6) is 5.75 Å². The van der Waals surface area contributed by atoms with Gasteiger partial charge in [0.1, 0.15) is 12.5 Å². The summed E-state index contributed by atoms with van der Waals surface area (Å²) in [6.45, 7) is 3.20. The first-order valence-corrected chi connectivity index (χ1v) is 8.76. The van der Waals surface area contributed by atoms with Crippen LogP contribution in [0, 0.1) is 5.82 Å². The number of halogens is 1. The Bertz CT molecular complexity index is 833. The summed E-state index contributed by atoms with van der Waals surface area (Å²) in [4.78, 5) is 26.7. The fraction of sp³-hybridized carbons (Fsp3) is 0.368. The SMILES string of the molecule is CCCCOc1c2n(ccc1=O)NCN(CCc1ccc(F)cc1)C2=O. The second-order valence-corrected chi connectivity index (χ2v) is 6.19.